The maximum atomic E-state index is 11.3. The number of ether oxygens (including phenoxy) is 3. The van der Waals surface area contributed by atoms with Crippen LogP contribution in [0.4, 0.5) is 0 Å². The lowest BCUT2D eigenvalue weighted by Crippen LogP contribution is -2.64. The molecule has 1 aliphatic rings. The summed E-state index contributed by atoms with van der Waals surface area (Å²) in [4.78, 5) is 11.3. The number of carbonyl (C=O) groups excluding carboxylic acids is 1. The van der Waals surface area contributed by atoms with Crippen molar-refractivity contribution >= 4 is 5.91 Å². The SMILES string of the molecule is C=CCO[C@H]1[C@H](O)[C@@H](COCc2ccccc2)O[C@H](O)[C@H]1NC(C)=O. The predicted octanol–water partition coefficient (Wildman–Crippen LogP) is 0.357. The van der Waals surface area contributed by atoms with Gasteiger partial charge in [-0.25, -0.2) is 0 Å². The zero-order chi connectivity index (χ0) is 18.2. The van der Waals surface area contributed by atoms with Gasteiger partial charge in [0.05, 0.1) is 19.8 Å². The van der Waals surface area contributed by atoms with Crippen molar-refractivity contribution < 1.29 is 29.2 Å². The highest BCUT2D eigenvalue weighted by Crippen LogP contribution is 2.23. The summed E-state index contributed by atoms with van der Waals surface area (Å²) in [6, 6.07) is 8.71. The van der Waals surface area contributed by atoms with Crippen LogP contribution >= 0.6 is 0 Å². The van der Waals surface area contributed by atoms with Crippen molar-refractivity contribution in [3.8, 4) is 0 Å². The molecular weight excluding hydrogens is 326 g/mol. The number of rotatable bonds is 8. The minimum absolute atomic E-state index is 0.0772. The molecule has 0 unspecified atom stereocenters. The van der Waals surface area contributed by atoms with E-state index in [1.165, 1.54) is 13.0 Å². The Hall–Kier alpha value is -1.77. The second-order valence-corrected chi connectivity index (χ2v) is 5.87. The molecule has 0 radical (unpaired) electrons. The van der Waals surface area contributed by atoms with Crippen LogP contribution in [0, 0.1) is 0 Å². The highest BCUT2D eigenvalue weighted by atomic mass is 16.6. The standard InChI is InChI=1S/C18H25NO6/c1-3-9-24-17-15(19-12(2)20)18(22)25-14(16(17)21)11-23-10-13-7-5-4-6-8-13/h3-8,14-18,21-22H,1,9-11H2,2H3,(H,19,20)/t14-,15+,16-,17-,18+/m1/s1. The Morgan fingerprint density at radius 3 is 2.72 bits per heavy atom. The number of aliphatic hydroxyl groups is 2. The largest absolute Gasteiger partial charge is 0.388 e. The van der Waals surface area contributed by atoms with Gasteiger partial charge in [-0.3, -0.25) is 4.79 Å². The maximum Gasteiger partial charge on any atom is 0.217 e. The summed E-state index contributed by atoms with van der Waals surface area (Å²) in [6.45, 7) is 5.49. The Morgan fingerprint density at radius 2 is 2.08 bits per heavy atom. The van der Waals surface area contributed by atoms with Gasteiger partial charge in [0, 0.05) is 6.92 Å². The Kier molecular flexibility index (Phi) is 7.54. The third-order valence-electron chi connectivity index (χ3n) is 3.86. The van der Waals surface area contributed by atoms with Crippen molar-refractivity contribution in [2.45, 2.75) is 44.2 Å². The van der Waals surface area contributed by atoms with Gasteiger partial charge in [0.1, 0.15) is 24.4 Å². The lowest BCUT2D eigenvalue weighted by Gasteiger charge is -2.42. The van der Waals surface area contributed by atoms with E-state index in [0.29, 0.717) is 6.61 Å². The molecule has 1 aromatic rings. The summed E-state index contributed by atoms with van der Waals surface area (Å²) < 4.78 is 16.6. The molecule has 1 saturated heterocycles. The molecule has 2 rings (SSSR count). The summed E-state index contributed by atoms with van der Waals surface area (Å²) in [5.74, 6) is -0.356. The number of nitrogens with one attached hydrogen (secondary N) is 1. The predicted molar refractivity (Wildman–Crippen MR) is 90.5 cm³/mol. The molecule has 0 bridgehead atoms. The number of hydrogen-bond donors (Lipinski definition) is 3. The van der Waals surface area contributed by atoms with Crippen molar-refractivity contribution in [3.63, 3.8) is 0 Å². The lowest BCUT2D eigenvalue weighted by atomic mass is 9.96. The zero-order valence-electron chi connectivity index (χ0n) is 14.2. The van der Waals surface area contributed by atoms with Gasteiger partial charge in [0.15, 0.2) is 6.29 Å². The van der Waals surface area contributed by atoms with Gasteiger partial charge in [-0.2, -0.15) is 0 Å². The average molecular weight is 351 g/mol. The molecule has 0 spiro atoms. The molecule has 0 aromatic heterocycles. The van der Waals surface area contributed by atoms with Crippen LogP contribution in [0.2, 0.25) is 0 Å². The van der Waals surface area contributed by atoms with Crippen LogP contribution in [0.5, 0.6) is 0 Å². The van der Waals surface area contributed by atoms with Crippen molar-refractivity contribution in [1.82, 2.24) is 5.32 Å². The van der Waals surface area contributed by atoms with Crippen LogP contribution in [-0.2, 0) is 25.6 Å². The van der Waals surface area contributed by atoms with Crippen molar-refractivity contribution in [1.29, 1.82) is 0 Å². The van der Waals surface area contributed by atoms with Crippen LogP contribution in [0.15, 0.2) is 43.0 Å². The third kappa shape index (κ3) is 5.62. The Labute approximate surface area is 147 Å². The molecule has 5 atom stereocenters. The van der Waals surface area contributed by atoms with E-state index >= 15 is 0 Å². The number of amides is 1. The summed E-state index contributed by atoms with van der Waals surface area (Å²) >= 11 is 0. The van der Waals surface area contributed by atoms with E-state index in [0.717, 1.165) is 5.56 Å². The summed E-state index contributed by atoms with van der Waals surface area (Å²) in [5.41, 5.74) is 0.990. The van der Waals surface area contributed by atoms with Gasteiger partial charge in [0.2, 0.25) is 5.91 Å². The molecule has 7 nitrogen and oxygen atoms in total. The Morgan fingerprint density at radius 1 is 1.36 bits per heavy atom. The van der Waals surface area contributed by atoms with Gasteiger partial charge in [-0.1, -0.05) is 36.4 Å². The average Bonchev–Trinajstić information content (AvgIpc) is 2.59. The molecule has 1 aromatic carbocycles. The van der Waals surface area contributed by atoms with E-state index in [2.05, 4.69) is 11.9 Å². The number of carbonyl (C=O) groups is 1. The first-order valence-electron chi connectivity index (χ1n) is 8.15. The van der Waals surface area contributed by atoms with Crippen molar-refractivity contribution in [2.24, 2.45) is 0 Å². The second-order valence-electron chi connectivity index (χ2n) is 5.87. The van der Waals surface area contributed by atoms with Crippen LogP contribution in [0.1, 0.15) is 12.5 Å². The van der Waals surface area contributed by atoms with Gasteiger partial charge in [-0.05, 0) is 5.56 Å². The maximum absolute atomic E-state index is 11.3. The first-order valence-corrected chi connectivity index (χ1v) is 8.15. The molecular formula is C18H25NO6. The molecule has 7 heteroatoms. The minimum atomic E-state index is -1.31. The number of benzene rings is 1. The first-order chi connectivity index (χ1) is 12.0. The molecule has 1 amide bonds. The van der Waals surface area contributed by atoms with Crippen LogP contribution in [0.3, 0.4) is 0 Å². The topological polar surface area (TPSA) is 97.2 Å². The van der Waals surface area contributed by atoms with Crippen LogP contribution in [0.25, 0.3) is 0 Å². The number of hydrogen-bond acceptors (Lipinski definition) is 6. The van der Waals surface area contributed by atoms with Gasteiger partial charge >= 0.3 is 0 Å². The zero-order valence-corrected chi connectivity index (χ0v) is 14.2. The molecule has 3 N–H and O–H groups in total. The molecule has 1 aliphatic heterocycles. The molecule has 138 valence electrons. The normalized spacial score (nSPS) is 29.2. The van der Waals surface area contributed by atoms with E-state index in [4.69, 9.17) is 14.2 Å². The quantitative estimate of drug-likeness (QED) is 0.585. The molecule has 1 heterocycles. The Bertz CT molecular complexity index is 552. The highest BCUT2D eigenvalue weighted by molar-refractivity contribution is 5.73. The van der Waals surface area contributed by atoms with Crippen molar-refractivity contribution in [2.75, 3.05) is 13.2 Å². The van der Waals surface area contributed by atoms with Crippen LogP contribution in [-0.4, -0.2) is 60.0 Å². The Balaban J connectivity index is 1.97. The smallest absolute Gasteiger partial charge is 0.217 e. The fourth-order valence-corrected chi connectivity index (χ4v) is 2.71. The van der Waals surface area contributed by atoms with Crippen LogP contribution < -0.4 is 5.32 Å². The van der Waals surface area contributed by atoms with E-state index in [-0.39, 0.29) is 19.1 Å². The highest BCUT2D eigenvalue weighted by Gasteiger charge is 2.45. The molecule has 25 heavy (non-hydrogen) atoms. The monoisotopic (exact) mass is 351 g/mol. The van der Waals surface area contributed by atoms with Gasteiger partial charge in [-0.15, -0.1) is 6.58 Å². The van der Waals surface area contributed by atoms with E-state index in [1.807, 2.05) is 30.3 Å². The number of aliphatic hydroxyl groups excluding tert-OH is 2. The third-order valence-corrected chi connectivity index (χ3v) is 3.86. The van der Waals surface area contributed by atoms with Crippen molar-refractivity contribution in [3.05, 3.63) is 48.6 Å². The fourth-order valence-electron chi connectivity index (χ4n) is 2.71. The van der Waals surface area contributed by atoms with Gasteiger partial charge in [0.25, 0.3) is 0 Å². The summed E-state index contributed by atoms with van der Waals surface area (Å²) in [5, 5.41) is 23.3. The lowest BCUT2D eigenvalue weighted by molar-refractivity contribution is -0.263. The summed E-state index contributed by atoms with van der Waals surface area (Å²) in [6.07, 6.45) is -2.47. The van der Waals surface area contributed by atoms with E-state index in [9.17, 15) is 15.0 Å². The van der Waals surface area contributed by atoms with Gasteiger partial charge < -0.3 is 29.7 Å². The second kappa shape index (κ2) is 9.65. The fraction of sp³-hybridized carbons (Fsp3) is 0.500. The van der Waals surface area contributed by atoms with E-state index in [1.54, 1.807) is 0 Å². The minimum Gasteiger partial charge on any atom is -0.388 e. The van der Waals surface area contributed by atoms with E-state index < -0.39 is 30.6 Å². The molecule has 0 aliphatic carbocycles. The summed E-state index contributed by atoms with van der Waals surface area (Å²) in [7, 11) is 0. The molecule has 1 fully saturated rings. The molecule has 0 saturated carbocycles. The first kappa shape index (κ1) is 19.6.